The van der Waals surface area contributed by atoms with Crippen LogP contribution in [0, 0.1) is 6.92 Å². The predicted molar refractivity (Wildman–Crippen MR) is 113 cm³/mol. The highest BCUT2D eigenvalue weighted by molar-refractivity contribution is 5.99. The van der Waals surface area contributed by atoms with E-state index >= 15 is 0 Å². The van der Waals surface area contributed by atoms with Crippen LogP contribution in [0.2, 0.25) is 0 Å². The first kappa shape index (κ1) is 19.8. The Morgan fingerprint density at radius 1 is 1.10 bits per heavy atom. The molecule has 1 atom stereocenters. The van der Waals surface area contributed by atoms with E-state index in [-0.39, 0.29) is 17.4 Å². The minimum atomic E-state index is -0.940. The number of hydrogen-bond acceptors (Lipinski definition) is 4. The number of benzene rings is 2. The van der Waals surface area contributed by atoms with Crippen molar-refractivity contribution in [3.63, 3.8) is 0 Å². The molecule has 2 aromatic carbocycles. The fourth-order valence-corrected chi connectivity index (χ4v) is 3.97. The number of carboxylic acids is 1. The van der Waals surface area contributed by atoms with Crippen molar-refractivity contribution in [2.24, 2.45) is 0 Å². The number of carboxylic acid groups (broad SMARTS) is 1. The lowest BCUT2D eigenvalue weighted by Gasteiger charge is -2.33. The second-order valence-corrected chi connectivity index (χ2v) is 7.57. The number of amides is 1. The first-order valence-electron chi connectivity index (χ1n) is 10.0. The van der Waals surface area contributed by atoms with Gasteiger partial charge in [-0.2, -0.15) is 0 Å². The molecule has 0 spiro atoms. The van der Waals surface area contributed by atoms with E-state index in [0.717, 1.165) is 24.0 Å². The quantitative estimate of drug-likeness (QED) is 0.709. The van der Waals surface area contributed by atoms with Crippen LogP contribution in [0.25, 0.3) is 11.3 Å². The van der Waals surface area contributed by atoms with Gasteiger partial charge in [0, 0.05) is 30.8 Å². The zero-order chi connectivity index (χ0) is 21.1. The molecule has 152 valence electrons. The smallest absolute Gasteiger partial charge is 0.335 e. The van der Waals surface area contributed by atoms with Crippen molar-refractivity contribution >= 4 is 11.9 Å². The first-order chi connectivity index (χ1) is 14.5. The van der Waals surface area contributed by atoms with Gasteiger partial charge in [-0.05, 0) is 37.5 Å². The standard InChI is InChI=1S/C24H23N3O3/c1-16-25-14-21(22(26-16)17-7-3-2-4-8-17)23(28)27-12-6-11-20(15-27)18-9-5-10-19(13-18)24(29)30/h2-5,7-10,13-14,20H,6,11-12,15H2,1H3,(H,29,30)/t20-/m1/s1. The zero-order valence-corrected chi connectivity index (χ0v) is 16.8. The van der Waals surface area contributed by atoms with Crippen LogP contribution in [0.1, 0.15) is 50.9 Å². The molecule has 1 amide bonds. The molecule has 2 heterocycles. The lowest BCUT2D eigenvalue weighted by Crippen LogP contribution is -2.39. The molecule has 0 radical (unpaired) electrons. The molecule has 0 unspecified atom stereocenters. The van der Waals surface area contributed by atoms with E-state index in [1.807, 2.05) is 48.2 Å². The largest absolute Gasteiger partial charge is 0.478 e. The molecule has 1 fully saturated rings. The van der Waals surface area contributed by atoms with Gasteiger partial charge in [-0.15, -0.1) is 0 Å². The number of piperidine rings is 1. The molecule has 3 aromatic rings. The maximum atomic E-state index is 13.4. The Kier molecular flexibility index (Phi) is 5.57. The molecule has 4 rings (SSSR count). The summed E-state index contributed by atoms with van der Waals surface area (Å²) >= 11 is 0. The summed E-state index contributed by atoms with van der Waals surface area (Å²) in [5, 5.41) is 9.28. The van der Waals surface area contributed by atoms with Crippen molar-refractivity contribution in [3.05, 3.63) is 83.3 Å². The molecule has 6 heteroatoms. The molecule has 1 N–H and O–H groups in total. The van der Waals surface area contributed by atoms with Gasteiger partial charge < -0.3 is 10.0 Å². The molecule has 1 saturated heterocycles. The molecule has 30 heavy (non-hydrogen) atoms. The third kappa shape index (κ3) is 4.08. The van der Waals surface area contributed by atoms with E-state index in [1.54, 1.807) is 24.4 Å². The average Bonchev–Trinajstić information content (AvgIpc) is 2.79. The van der Waals surface area contributed by atoms with Crippen molar-refractivity contribution in [3.8, 4) is 11.3 Å². The van der Waals surface area contributed by atoms with Crippen molar-refractivity contribution in [1.82, 2.24) is 14.9 Å². The van der Waals surface area contributed by atoms with Gasteiger partial charge in [0.05, 0.1) is 16.8 Å². The summed E-state index contributed by atoms with van der Waals surface area (Å²) in [6.07, 6.45) is 3.39. The van der Waals surface area contributed by atoms with Crippen molar-refractivity contribution in [2.45, 2.75) is 25.7 Å². The molecule has 0 aliphatic carbocycles. The van der Waals surface area contributed by atoms with Crippen LogP contribution in [0.4, 0.5) is 0 Å². The van der Waals surface area contributed by atoms with Gasteiger partial charge in [-0.1, -0.05) is 42.5 Å². The number of carbonyl (C=O) groups is 2. The third-order valence-electron chi connectivity index (χ3n) is 5.50. The highest BCUT2D eigenvalue weighted by Gasteiger charge is 2.28. The normalized spacial score (nSPS) is 16.3. The van der Waals surface area contributed by atoms with Crippen LogP contribution in [0.5, 0.6) is 0 Å². The summed E-state index contributed by atoms with van der Waals surface area (Å²) in [6, 6.07) is 16.7. The fraction of sp³-hybridized carbons (Fsp3) is 0.250. The van der Waals surface area contributed by atoms with E-state index in [4.69, 9.17) is 0 Å². The van der Waals surface area contributed by atoms with E-state index in [0.29, 0.717) is 30.2 Å². The van der Waals surface area contributed by atoms with Crippen LogP contribution < -0.4 is 0 Å². The lowest BCUT2D eigenvalue weighted by atomic mass is 9.89. The van der Waals surface area contributed by atoms with Gasteiger partial charge in [0.25, 0.3) is 5.91 Å². The maximum absolute atomic E-state index is 13.4. The van der Waals surface area contributed by atoms with E-state index in [9.17, 15) is 14.7 Å². The molecule has 1 aliphatic rings. The van der Waals surface area contributed by atoms with Gasteiger partial charge in [0.15, 0.2) is 0 Å². The van der Waals surface area contributed by atoms with E-state index < -0.39 is 5.97 Å². The van der Waals surface area contributed by atoms with Gasteiger partial charge in [-0.3, -0.25) is 4.79 Å². The van der Waals surface area contributed by atoms with Crippen molar-refractivity contribution in [1.29, 1.82) is 0 Å². The predicted octanol–water partition coefficient (Wildman–Crippen LogP) is 4.17. The Morgan fingerprint density at radius 3 is 2.67 bits per heavy atom. The lowest BCUT2D eigenvalue weighted by molar-refractivity contribution is 0.0687. The van der Waals surface area contributed by atoms with Crippen LogP contribution in [0.3, 0.4) is 0 Å². The van der Waals surface area contributed by atoms with Gasteiger partial charge in [-0.25, -0.2) is 14.8 Å². The maximum Gasteiger partial charge on any atom is 0.335 e. The summed E-state index contributed by atoms with van der Waals surface area (Å²) in [7, 11) is 0. The average molecular weight is 401 g/mol. The number of aryl methyl sites for hydroxylation is 1. The van der Waals surface area contributed by atoms with E-state index in [1.165, 1.54) is 0 Å². The number of hydrogen-bond donors (Lipinski definition) is 1. The third-order valence-corrected chi connectivity index (χ3v) is 5.50. The number of nitrogens with zero attached hydrogens (tertiary/aromatic N) is 3. The zero-order valence-electron chi connectivity index (χ0n) is 16.8. The van der Waals surface area contributed by atoms with Crippen molar-refractivity contribution in [2.75, 3.05) is 13.1 Å². The van der Waals surface area contributed by atoms with Gasteiger partial charge in [0.1, 0.15) is 5.82 Å². The van der Waals surface area contributed by atoms with Crippen molar-refractivity contribution < 1.29 is 14.7 Å². The Hall–Kier alpha value is -3.54. The second-order valence-electron chi connectivity index (χ2n) is 7.57. The van der Waals surface area contributed by atoms with Crippen LogP contribution in [0.15, 0.2) is 60.8 Å². The number of rotatable bonds is 4. The number of aromatic nitrogens is 2. The van der Waals surface area contributed by atoms with Gasteiger partial charge in [0.2, 0.25) is 0 Å². The minimum Gasteiger partial charge on any atom is -0.478 e. The fourth-order valence-electron chi connectivity index (χ4n) is 3.97. The highest BCUT2D eigenvalue weighted by atomic mass is 16.4. The number of carbonyl (C=O) groups excluding carboxylic acids is 1. The van der Waals surface area contributed by atoms with E-state index in [2.05, 4.69) is 9.97 Å². The molecule has 6 nitrogen and oxygen atoms in total. The molecule has 1 aromatic heterocycles. The molecule has 0 saturated carbocycles. The molecule has 0 bridgehead atoms. The Labute approximate surface area is 175 Å². The first-order valence-corrected chi connectivity index (χ1v) is 10.0. The Morgan fingerprint density at radius 2 is 1.90 bits per heavy atom. The summed E-state index contributed by atoms with van der Waals surface area (Å²) in [5.41, 5.74) is 3.24. The van der Waals surface area contributed by atoms with Crippen LogP contribution in [-0.2, 0) is 0 Å². The number of aromatic carboxylic acids is 1. The molecule has 1 aliphatic heterocycles. The van der Waals surface area contributed by atoms with Gasteiger partial charge >= 0.3 is 5.97 Å². The Balaban J connectivity index is 1.62. The summed E-state index contributed by atoms with van der Waals surface area (Å²) in [6.45, 7) is 3.02. The topological polar surface area (TPSA) is 83.4 Å². The highest BCUT2D eigenvalue weighted by Crippen LogP contribution is 2.30. The SMILES string of the molecule is Cc1ncc(C(=O)N2CCC[C@@H](c3cccc(C(=O)O)c3)C2)c(-c2ccccc2)n1. The monoisotopic (exact) mass is 401 g/mol. The summed E-state index contributed by atoms with van der Waals surface area (Å²) in [5.74, 6) is -0.307. The summed E-state index contributed by atoms with van der Waals surface area (Å²) in [4.78, 5) is 35.4. The van der Waals surface area contributed by atoms with Crippen LogP contribution >= 0.6 is 0 Å². The molecular formula is C24H23N3O3. The minimum absolute atomic E-state index is 0.0899. The number of likely N-dealkylation sites (tertiary alicyclic amines) is 1. The van der Waals surface area contributed by atoms with Crippen LogP contribution in [-0.4, -0.2) is 44.9 Å². The summed E-state index contributed by atoms with van der Waals surface area (Å²) < 4.78 is 0. The Bertz CT molecular complexity index is 1080. The molecular weight excluding hydrogens is 378 g/mol. The second kappa shape index (κ2) is 8.45.